The summed E-state index contributed by atoms with van der Waals surface area (Å²) in [4.78, 5) is 0. The standard InChI is InChI=1S/C21H28O/c1-15-5-6-17-14-20(10-7-16(17)13-15)22-19-11-8-18(9-12-19)21(2,3)4/h5-7,10,13-14,18-19H,8-9,11-12H2,1-4H3. The van der Waals surface area contributed by atoms with E-state index in [0.29, 0.717) is 11.5 Å². The average Bonchev–Trinajstić information content (AvgIpc) is 2.47. The highest BCUT2D eigenvalue weighted by atomic mass is 16.5. The SMILES string of the molecule is Cc1ccc2cc(OC3CCC(C(C)(C)C)CC3)ccc2c1. The maximum Gasteiger partial charge on any atom is 0.120 e. The molecule has 1 nitrogen and oxygen atoms in total. The van der Waals surface area contributed by atoms with Gasteiger partial charge < -0.3 is 4.74 Å². The van der Waals surface area contributed by atoms with Gasteiger partial charge in [-0.2, -0.15) is 0 Å². The van der Waals surface area contributed by atoms with Crippen molar-refractivity contribution in [2.75, 3.05) is 0 Å². The van der Waals surface area contributed by atoms with Crippen molar-refractivity contribution < 1.29 is 4.74 Å². The van der Waals surface area contributed by atoms with Crippen LogP contribution in [0.15, 0.2) is 36.4 Å². The number of hydrogen-bond donors (Lipinski definition) is 0. The molecule has 0 N–H and O–H groups in total. The zero-order valence-corrected chi connectivity index (χ0v) is 14.4. The molecule has 0 aromatic heterocycles. The van der Waals surface area contributed by atoms with Gasteiger partial charge in [0, 0.05) is 0 Å². The molecule has 0 heterocycles. The van der Waals surface area contributed by atoms with Crippen LogP contribution in [0.5, 0.6) is 5.75 Å². The summed E-state index contributed by atoms with van der Waals surface area (Å²) in [5.74, 6) is 1.86. The van der Waals surface area contributed by atoms with Gasteiger partial charge >= 0.3 is 0 Å². The Morgan fingerprint density at radius 3 is 2.18 bits per heavy atom. The summed E-state index contributed by atoms with van der Waals surface area (Å²) in [7, 11) is 0. The Kier molecular flexibility index (Phi) is 4.16. The molecular formula is C21H28O. The summed E-state index contributed by atoms with van der Waals surface area (Å²) >= 11 is 0. The lowest BCUT2D eigenvalue weighted by Crippen LogP contribution is -2.30. The van der Waals surface area contributed by atoms with Crippen LogP contribution in [0, 0.1) is 18.3 Å². The van der Waals surface area contributed by atoms with Gasteiger partial charge in [-0.1, -0.05) is 50.6 Å². The fourth-order valence-electron chi connectivity index (χ4n) is 3.66. The number of hydrogen-bond acceptors (Lipinski definition) is 1. The molecule has 118 valence electrons. The van der Waals surface area contributed by atoms with Gasteiger partial charge in [-0.05, 0) is 66.8 Å². The highest BCUT2D eigenvalue weighted by Gasteiger charge is 2.30. The van der Waals surface area contributed by atoms with Gasteiger partial charge in [-0.15, -0.1) is 0 Å². The number of rotatable bonds is 2. The first-order chi connectivity index (χ1) is 10.4. The molecule has 2 aromatic carbocycles. The van der Waals surface area contributed by atoms with Gasteiger partial charge in [0.2, 0.25) is 0 Å². The number of fused-ring (bicyclic) bond motifs is 1. The summed E-state index contributed by atoms with van der Waals surface area (Å²) in [5.41, 5.74) is 1.74. The van der Waals surface area contributed by atoms with Crippen LogP contribution in [0.1, 0.15) is 52.0 Å². The fourth-order valence-corrected chi connectivity index (χ4v) is 3.66. The van der Waals surface area contributed by atoms with E-state index < -0.39 is 0 Å². The van der Waals surface area contributed by atoms with E-state index in [1.54, 1.807) is 0 Å². The predicted octanol–water partition coefficient (Wildman–Crippen LogP) is 6.13. The van der Waals surface area contributed by atoms with Crippen molar-refractivity contribution in [2.24, 2.45) is 11.3 Å². The molecule has 0 radical (unpaired) electrons. The molecule has 1 heteroatoms. The second-order valence-corrected chi connectivity index (χ2v) is 7.97. The van der Waals surface area contributed by atoms with Crippen molar-refractivity contribution in [1.82, 2.24) is 0 Å². The quantitative estimate of drug-likeness (QED) is 0.647. The summed E-state index contributed by atoms with van der Waals surface area (Å²) < 4.78 is 6.25. The highest BCUT2D eigenvalue weighted by Crippen LogP contribution is 2.38. The minimum Gasteiger partial charge on any atom is -0.490 e. The molecule has 0 spiro atoms. The van der Waals surface area contributed by atoms with Crippen LogP contribution < -0.4 is 4.74 Å². The zero-order valence-electron chi connectivity index (χ0n) is 14.4. The highest BCUT2D eigenvalue weighted by molar-refractivity contribution is 5.84. The third kappa shape index (κ3) is 3.45. The van der Waals surface area contributed by atoms with E-state index in [2.05, 4.69) is 64.1 Å². The van der Waals surface area contributed by atoms with Crippen LogP contribution in [-0.4, -0.2) is 6.10 Å². The molecule has 3 rings (SSSR count). The molecule has 1 aliphatic rings. The molecule has 22 heavy (non-hydrogen) atoms. The van der Waals surface area contributed by atoms with Crippen molar-refractivity contribution in [3.63, 3.8) is 0 Å². The monoisotopic (exact) mass is 296 g/mol. The second kappa shape index (κ2) is 5.95. The Balaban J connectivity index is 1.66. The van der Waals surface area contributed by atoms with Crippen molar-refractivity contribution in [2.45, 2.75) is 59.5 Å². The first-order valence-electron chi connectivity index (χ1n) is 8.59. The molecule has 0 saturated heterocycles. The predicted molar refractivity (Wildman–Crippen MR) is 94.5 cm³/mol. The molecule has 0 amide bonds. The summed E-state index contributed by atoms with van der Waals surface area (Å²) in [6.07, 6.45) is 5.35. The summed E-state index contributed by atoms with van der Waals surface area (Å²) in [5, 5.41) is 2.57. The summed E-state index contributed by atoms with van der Waals surface area (Å²) in [6.45, 7) is 9.23. The minimum absolute atomic E-state index is 0.390. The Labute approximate surface area is 134 Å². The molecule has 0 aliphatic heterocycles. The van der Waals surface area contributed by atoms with Crippen LogP contribution >= 0.6 is 0 Å². The average molecular weight is 296 g/mol. The van der Waals surface area contributed by atoms with E-state index in [1.165, 1.54) is 42.0 Å². The van der Waals surface area contributed by atoms with E-state index >= 15 is 0 Å². The normalized spacial score (nSPS) is 22.7. The van der Waals surface area contributed by atoms with E-state index in [-0.39, 0.29) is 0 Å². The Morgan fingerprint density at radius 1 is 0.864 bits per heavy atom. The smallest absolute Gasteiger partial charge is 0.120 e. The van der Waals surface area contributed by atoms with E-state index in [9.17, 15) is 0 Å². The van der Waals surface area contributed by atoms with Crippen molar-refractivity contribution in [1.29, 1.82) is 0 Å². The zero-order chi connectivity index (χ0) is 15.7. The maximum atomic E-state index is 6.25. The fraction of sp³-hybridized carbons (Fsp3) is 0.524. The van der Waals surface area contributed by atoms with Gasteiger partial charge in [0.25, 0.3) is 0 Å². The molecule has 0 bridgehead atoms. The van der Waals surface area contributed by atoms with Gasteiger partial charge in [0.1, 0.15) is 5.75 Å². The molecule has 1 fully saturated rings. The molecule has 1 aliphatic carbocycles. The lowest BCUT2D eigenvalue weighted by molar-refractivity contribution is 0.0883. The lowest BCUT2D eigenvalue weighted by atomic mass is 9.72. The van der Waals surface area contributed by atoms with Gasteiger partial charge in [0.15, 0.2) is 0 Å². The third-order valence-corrected chi connectivity index (χ3v) is 5.17. The number of benzene rings is 2. The van der Waals surface area contributed by atoms with E-state index in [4.69, 9.17) is 4.74 Å². The largest absolute Gasteiger partial charge is 0.490 e. The van der Waals surface area contributed by atoms with Crippen LogP contribution in [0.2, 0.25) is 0 Å². The molecule has 1 saturated carbocycles. The van der Waals surface area contributed by atoms with Crippen molar-refractivity contribution >= 4 is 10.8 Å². The van der Waals surface area contributed by atoms with Crippen LogP contribution in [0.25, 0.3) is 10.8 Å². The van der Waals surface area contributed by atoms with E-state index in [0.717, 1.165) is 11.7 Å². The van der Waals surface area contributed by atoms with Crippen molar-refractivity contribution in [3.8, 4) is 5.75 Å². The van der Waals surface area contributed by atoms with E-state index in [1.807, 2.05) is 0 Å². The first-order valence-corrected chi connectivity index (χ1v) is 8.59. The lowest BCUT2D eigenvalue weighted by Gasteiger charge is -2.37. The Morgan fingerprint density at radius 2 is 1.50 bits per heavy atom. The van der Waals surface area contributed by atoms with Crippen LogP contribution in [0.3, 0.4) is 0 Å². The van der Waals surface area contributed by atoms with Gasteiger partial charge in [0.05, 0.1) is 6.10 Å². The van der Waals surface area contributed by atoms with Gasteiger partial charge in [-0.25, -0.2) is 0 Å². The maximum absolute atomic E-state index is 6.25. The Hall–Kier alpha value is -1.50. The van der Waals surface area contributed by atoms with Crippen LogP contribution in [0.4, 0.5) is 0 Å². The Bertz CT molecular complexity index is 642. The topological polar surface area (TPSA) is 9.23 Å². The minimum atomic E-state index is 0.390. The molecule has 0 unspecified atom stereocenters. The number of aryl methyl sites for hydroxylation is 1. The molecular weight excluding hydrogens is 268 g/mol. The van der Waals surface area contributed by atoms with Gasteiger partial charge in [-0.3, -0.25) is 0 Å². The molecule has 0 atom stereocenters. The number of ether oxygens (including phenoxy) is 1. The second-order valence-electron chi connectivity index (χ2n) is 7.97. The first kappa shape index (κ1) is 15.4. The molecule has 2 aromatic rings. The third-order valence-electron chi connectivity index (χ3n) is 5.17. The van der Waals surface area contributed by atoms with Crippen LogP contribution in [-0.2, 0) is 0 Å². The summed E-state index contributed by atoms with van der Waals surface area (Å²) in [6, 6.07) is 13.1. The van der Waals surface area contributed by atoms with Crippen molar-refractivity contribution in [3.05, 3.63) is 42.0 Å².